The lowest BCUT2D eigenvalue weighted by molar-refractivity contribution is -0.136. The zero-order chi connectivity index (χ0) is 23.4. The van der Waals surface area contributed by atoms with E-state index in [4.69, 9.17) is 4.74 Å². The summed E-state index contributed by atoms with van der Waals surface area (Å²) in [6.07, 6.45) is -1.68. The number of benzene rings is 3. The summed E-state index contributed by atoms with van der Waals surface area (Å²) in [4.78, 5) is 27.9. The summed E-state index contributed by atoms with van der Waals surface area (Å²) >= 11 is 0. The van der Waals surface area contributed by atoms with Crippen LogP contribution < -0.4 is 5.19 Å². The smallest absolute Gasteiger partial charge is 0.417 e. The number of rotatable bonds is 7. The van der Waals surface area contributed by atoms with Gasteiger partial charge < -0.3 is 9.84 Å². The van der Waals surface area contributed by atoms with E-state index in [9.17, 15) is 14.7 Å². The second-order valence-electron chi connectivity index (χ2n) is 9.13. The van der Waals surface area contributed by atoms with Gasteiger partial charge in [-0.2, -0.15) is 0 Å². The predicted octanol–water partition coefficient (Wildman–Crippen LogP) is 4.67. The molecule has 0 unspecified atom stereocenters. The number of nitrogens with zero attached hydrogens (tertiary/aromatic N) is 1. The molecule has 1 heterocycles. The van der Waals surface area contributed by atoms with E-state index in [2.05, 4.69) is 25.2 Å². The Labute approximate surface area is 195 Å². The van der Waals surface area contributed by atoms with E-state index in [0.29, 0.717) is 11.6 Å². The molecule has 1 fully saturated rings. The third-order valence-electron chi connectivity index (χ3n) is 6.42. The van der Waals surface area contributed by atoms with E-state index in [1.54, 1.807) is 0 Å². The van der Waals surface area contributed by atoms with Gasteiger partial charge in [0.1, 0.15) is 12.6 Å². The van der Waals surface area contributed by atoms with Gasteiger partial charge in [0.25, 0.3) is 0 Å². The zero-order valence-electron chi connectivity index (χ0n) is 18.9. The molecule has 6 heteroatoms. The Bertz CT molecular complexity index is 1090. The number of cyclic esters (lactones) is 1. The van der Waals surface area contributed by atoms with Gasteiger partial charge in [0.15, 0.2) is 0 Å². The van der Waals surface area contributed by atoms with Gasteiger partial charge in [0, 0.05) is 0 Å². The van der Waals surface area contributed by atoms with Crippen molar-refractivity contribution in [2.45, 2.75) is 31.3 Å². The van der Waals surface area contributed by atoms with Crippen molar-refractivity contribution in [3.63, 3.8) is 0 Å². The van der Waals surface area contributed by atoms with Crippen LogP contribution in [0.5, 0.6) is 0 Å². The van der Waals surface area contributed by atoms with Crippen LogP contribution in [0.25, 0.3) is 0 Å². The third-order valence-corrected chi connectivity index (χ3v) is 9.78. The molecule has 4 rings (SSSR count). The van der Waals surface area contributed by atoms with Crippen LogP contribution in [-0.2, 0) is 9.53 Å². The van der Waals surface area contributed by atoms with Gasteiger partial charge in [-0.1, -0.05) is 109 Å². The first-order valence-corrected chi connectivity index (χ1v) is 14.4. The van der Waals surface area contributed by atoms with Crippen molar-refractivity contribution in [3.8, 4) is 0 Å². The molecule has 1 saturated heterocycles. The third kappa shape index (κ3) is 4.92. The summed E-state index contributed by atoms with van der Waals surface area (Å²) in [5.74, 6) is -1.16. The lowest BCUT2D eigenvalue weighted by Crippen LogP contribution is -2.48. The number of carbonyl (C=O) groups excluding carboxylic acids is 2. The Morgan fingerprint density at radius 3 is 2.12 bits per heavy atom. The van der Waals surface area contributed by atoms with Gasteiger partial charge in [-0.3, -0.25) is 4.79 Å². The normalized spacial score (nSPS) is 18.0. The van der Waals surface area contributed by atoms with Crippen LogP contribution in [-0.4, -0.2) is 36.7 Å². The van der Waals surface area contributed by atoms with Crippen molar-refractivity contribution in [3.05, 3.63) is 102 Å². The fourth-order valence-corrected chi connectivity index (χ4v) is 7.37. The Kier molecular flexibility index (Phi) is 6.77. The lowest BCUT2D eigenvalue weighted by Gasteiger charge is -2.33. The van der Waals surface area contributed by atoms with E-state index in [0.717, 1.165) is 5.56 Å². The SMILES string of the molecule is C[Si](C)(C[C@H](C(=O)N1C(=O)OC[C@@H]1c1ccccc1)[C@H](O)c1ccccc1)c1ccccc1. The first-order chi connectivity index (χ1) is 15.9. The fourth-order valence-electron chi connectivity index (χ4n) is 4.54. The maximum absolute atomic E-state index is 14.0. The van der Waals surface area contributed by atoms with Crippen LogP contribution in [0.4, 0.5) is 4.79 Å². The minimum Gasteiger partial charge on any atom is -0.446 e. The highest BCUT2D eigenvalue weighted by Crippen LogP contribution is 2.36. The molecule has 170 valence electrons. The number of amides is 2. The van der Waals surface area contributed by atoms with Crippen LogP contribution in [0.3, 0.4) is 0 Å². The first-order valence-electron chi connectivity index (χ1n) is 11.2. The summed E-state index contributed by atoms with van der Waals surface area (Å²) < 4.78 is 5.30. The van der Waals surface area contributed by atoms with Crippen molar-refractivity contribution in [1.82, 2.24) is 4.90 Å². The number of hydrogen-bond acceptors (Lipinski definition) is 4. The molecule has 0 radical (unpaired) electrons. The average Bonchev–Trinajstić information content (AvgIpc) is 3.24. The minimum absolute atomic E-state index is 0.113. The molecule has 3 atom stereocenters. The molecule has 0 aromatic heterocycles. The topological polar surface area (TPSA) is 66.8 Å². The van der Waals surface area contributed by atoms with Crippen LogP contribution in [0.1, 0.15) is 23.3 Å². The molecule has 33 heavy (non-hydrogen) atoms. The summed E-state index contributed by atoms with van der Waals surface area (Å²) in [6.45, 7) is 4.50. The fraction of sp³-hybridized carbons (Fsp3) is 0.259. The molecular formula is C27H29NO4Si. The highest BCUT2D eigenvalue weighted by atomic mass is 28.3. The number of carbonyl (C=O) groups is 2. The van der Waals surface area contributed by atoms with Crippen LogP contribution in [0, 0.1) is 5.92 Å². The quantitative estimate of drug-likeness (QED) is 0.522. The number of ether oxygens (including phenoxy) is 1. The second-order valence-corrected chi connectivity index (χ2v) is 13.9. The van der Waals surface area contributed by atoms with E-state index in [-0.39, 0.29) is 12.5 Å². The van der Waals surface area contributed by atoms with E-state index in [1.807, 2.05) is 78.9 Å². The van der Waals surface area contributed by atoms with Crippen LogP contribution in [0.15, 0.2) is 91.0 Å². The standard InChI is InChI=1S/C27H29NO4Si/c1-33(2,22-16-10-5-11-17-22)19-23(25(29)21-14-8-4-9-15-21)26(30)28-24(18-32-27(28)31)20-12-6-3-7-13-20/h3-17,23-25,29H,18-19H2,1-2H3/t23-,24+,25+/m0/s1. The van der Waals surface area contributed by atoms with Gasteiger partial charge in [0.2, 0.25) is 5.91 Å². The Hall–Kier alpha value is -3.22. The molecule has 0 bridgehead atoms. The van der Waals surface area contributed by atoms with E-state index in [1.165, 1.54) is 10.1 Å². The summed E-state index contributed by atoms with van der Waals surface area (Å²) in [5.41, 5.74) is 1.50. The molecule has 5 nitrogen and oxygen atoms in total. The number of aliphatic hydroxyl groups is 1. The van der Waals surface area contributed by atoms with Crippen molar-refractivity contribution >= 4 is 25.3 Å². The number of hydrogen-bond donors (Lipinski definition) is 1. The van der Waals surface area contributed by atoms with Crippen LogP contribution in [0.2, 0.25) is 19.1 Å². The Morgan fingerprint density at radius 1 is 0.970 bits per heavy atom. The summed E-state index contributed by atoms with van der Waals surface area (Å²) in [5, 5.41) is 12.6. The van der Waals surface area contributed by atoms with Crippen molar-refractivity contribution < 1.29 is 19.4 Å². The molecule has 0 saturated carbocycles. The molecule has 1 N–H and O–H groups in total. The van der Waals surface area contributed by atoms with Gasteiger partial charge in [-0.25, -0.2) is 9.69 Å². The molecule has 1 aliphatic heterocycles. The predicted molar refractivity (Wildman–Crippen MR) is 131 cm³/mol. The first kappa shape index (κ1) is 23.0. The molecule has 0 aliphatic carbocycles. The van der Waals surface area contributed by atoms with Gasteiger partial charge >= 0.3 is 6.09 Å². The van der Waals surface area contributed by atoms with Crippen molar-refractivity contribution in [2.24, 2.45) is 5.92 Å². The molecule has 0 spiro atoms. The van der Waals surface area contributed by atoms with E-state index >= 15 is 0 Å². The Morgan fingerprint density at radius 2 is 1.52 bits per heavy atom. The molecule has 3 aromatic rings. The number of imide groups is 1. The second kappa shape index (κ2) is 9.73. The van der Waals surface area contributed by atoms with Gasteiger partial charge in [-0.15, -0.1) is 0 Å². The molecule has 3 aromatic carbocycles. The number of aliphatic hydroxyl groups excluding tert-OH is 1. The monoisotopic (exact) mass is 459 g/mol. The largest absolute Gasteiger partial charge is 0.446 e. The maximum atomic E-state index is 14.0. The summed E-state index contributed by atoms with van der Waals surface area (Å²) in [6, 6.07) is 28.7. The highest BCUT2D eigenvalue weighted by molar-refractivity contribution is 6.90. The minimum atomic E-state index is -2.13. The Balaban J connectivity index is 1.70. The van der Waals surface area contributed by atoms with Crippen LogP contribution >= 0.6 is 0 Å². The summed E-state index contributed by atoms with van der Waals surface area (Å²) in [7, 11) is -2.13. The highest BCUT2D eigenvalue weighted by Gasteiger charge is 2.45. The molecular weight excluding hydrogens is 430 g/mol. The van der Waals surface area contributed by atoms with Crippen molar-refractivity contribution in [2.75, 3.05) is 6.61 Å². The average molecular weight is 460 g/mol. The van der Waals surface area contributed by atoms with Crippen molar-refractivity contribution in [1.29, 1.82) is 0 Å². The molecule has 2 amide bonds. The molecule has 1 aliphatic rings. The maximum Gasteiger partial charge on any atom is 0.417 e. The lowest BCUT2D eigenvalue weighted by atomic mass is 9.95. The van der Waals surface area contributed by atoms with Gasteiger partial charge in [-0.05, 0) is 17.2 Å². The van der Waals surface area contributed by atoms with E-state index < -0.39 is 32.2 Å². The zero-order valence-corrected chi connectivity index (χ0v) is 19.9. The van der Waals surface area contributed by atoms with Gasteiger partial charge in [0.05, 0.1) is 20.1 Å².